The quantitative estimate of drug-likeness (QED) is 0.405. The van der Waals surface area contributed by atoms with Crippen LogP contribution in [0.1, 0.15) is 47.5 Å². The molecule has 2 N–H and O–H groups in total. The maximum Gasteiger partial charge on any atom is 0.222 e. The van der Waals surface area contributed by atoms with Crippen LogP contribution in [0.3, 0.4) is 0 Å². The average Bonchev–Trinajstić information content (AvgIpc) is 2.35. The number of nitrogens with one attached hydrogen (secondary N) is 2. The van der Waals surface area contributed by atoms with Crippen LogP contribution in [0.15, 0.2) is 4.99 Å². The molecule has 2 atom stereocenters. The standard InChI is InChI=1S/C16H32N4O.HI/c1-6-17-16(18-8-7-15(21)19-12(2)3)20-10-13(4)9-14(5)11-20;/h12-14H,6-11H2,1-5H3,(H,17,18)(H,19,21);1H. The maximum absolute atomic E-state index is 11.7. The average molecular weight is 424 g/mol. The van der Waals surface area contributed by atoms with E-state index in [1.54, 1.807) is 0 Å². The lowest BCUT2D eigenvalue weighted by molar-refractivity contribution is -0.121. The second-order valence-corrected chi connectivity index (χ2v) is 6.56. The van der Waals surface area contributed by atoms with Gasteiger partial charge in [0.2, 0.25) is 5.91 Å². The molecule has 1 aliphatic rings. The fraction of sp³-hybridized carbons (Fsp3) is 0.875. The number of rotatable bonds is 5. The van der Waals surface area contributed by atoms with E-state index in [1.165, 1.54) is 6.42 Å². The molecule has 0 aliphatic carbocycles. The zero-order valence-electron chi connectivity index (χ0n) is 14.7. The molecule has 0 aromatic carbocycles. The fourth-order valence-corrected chi connectivity index (χ4v) is 2.92. The van der Waals surface area contributed by atoms with Gasteiger partial charge in [-0.25, -0.2) is 0 Å². The highest BCUT2D eigenvalue weighted by atomic mass is 127. The summed E-state index contributed by atoms with van der Waals surface area (Å²) in [5, 5.41) is 6.25. The van der Waals surface area contributed by atoms with Gasteiger partial charge < -0.3 is 15.5 Å². The Kier molecular flexibility index (Phi) is 10.8. The minimum absolute atomic E-state index is 0. The second-order valence-electron chi connectivity index (χ2n) is 6.56. The number of halogens is 1. The molecule has 1 amide bonds. The SMILES string of the molecule is CCNC(=NCCC(=O)NC(C)C)N1CC(C)CC(C)C1.I. The lowest BCUT2D eigenvalue weighted by Crippen LogP contribution is -2.48. The fourth-order valence-electron chi connectivity index (χ4n) is 2.92. The summed E-state index contributed by atoms with van der Waals surface area (Å²) in [6.07, 6.45) is 1.73. The van der Waals surface area contributed by atoms with Crippen molar-refractivity contribution in [2.75, 3.05) is 26.2 Å². The van der Waals surface area contributed by atoms with Crippen molar-refractivity contribution in [1.29, 1.82) is 0 Å². The smallest absolute Gasteiger partial charge is 0.222 e. The zero-order chi connectivity index (χ0) is 15.8. The molecule has 2 unspecified atom stereocenters. The lowest BCUT2D eigenvalue weighted by Gasteiger charge is -2.37. The van der Waals surface area contributed by atoms with Crippen LogP contribution in [0.25, 0.3) is 0 Å². The van der Waals surface area contributed by atoms with Gasteiger partial charge in [-0.1, -0.05) is 13.8 Å². The van der Waals surface area contributed by atoms with Crippen LogP contribution in [0.2, 0.25) is 0 Å². The van der Waals surface area contributed by atoms with Gasteiger partial charge in [-0.3, -0.25) is 9.79 Å². The van der Waals surface area contributed by atoms with Gasteiger partial charge in [-0.15, -0.1) is 24.0 Å². The molecule has 0 radical (unpaired) electrons. The van der Waals surface area contributed by atoms with E-state index in [4.69, 9.17) is 0 Å². The Labute approximate surface area is 152 Å². The summed E-state index contributed by atoms with van der Waals surface area (Å²) in [6.45, 7) is 14.1. The molecule has 0 saturated carbocycles. The molecule has 130 valence electrons. The van der Waals surface area contributed by atoms with E-state index in [0.29, 0.717) is 24.8 Å². The summed E-state index contributed by atoms with van der Waals surface area (Å²) in [4.78, 5) is 18.6. The molecule has 0 aromatic rings. The van der Waals surface area contributed by atoms with Crippen LogP contribution in [-0.4, -0.2) is 49.0 Å². The van der Waals surface area contributed by atoms with Gasteiger partial charge >= 0.3 is 0 Å². The highest BCUT2D eigenvalue weighted by Crippen LogP contribution is 2.20. The Bertz CT molecular complexity index is 350. The Morgan fingerprint density at radius 2 is 1.86 bits per heavy atom. The number of piperidine rings is 1. The second kappa shape index (κ2) is 11.1. The van der Waals surface area contributed by atoms with Gasteiger partial charge in [0.15, 0.2) is 5.96 Å². The molecule has 1 aliphatic heterocycles. The first-order valence-electron chi connectivity index (χ1n) is 8.25. The molecule has 1 fully saturated rings. The van der Waals surface area contributed by atoms with Gasteiger partial charge in [-0.2, -0.15) is 0 Å². The summed E-state index contributed by atoms with van der Waals surface area (Å²) in [6, 6.07) is 0.193. The molecular weight excluding hydrogens is 391 g/mol. The van der Waals surface area contributed by atoms with Crippen LogP contribution in [0, 0.1) is 11.8 Å². The van der Waals surface area contributed by atoms with Crippen molar-refractivity contribution in [3.8, 4) is 0 Å². The van der Waals surface area contributed by atoms with Gasteiger partial charge in [0.1, 0.15) is 0 Å². The predicted molar refractivity (Wildman–Crippen MR) is 104 cm³/mol. The number of aliphatic imine (C=N–C) groups is 1. The van der Waals surface area contributed by atoms with E-state index >= 15 is 0 Å². The van der Waals surface area contributed by atoms with Crippen LogP contribution < -0.4 is 10.6 Å². The molecule has 1 rings (SSSR count). The number of amides is 1. The van der Waals surface area contributed by atoms with E-state index in [2.05, 4.69) is 41.3 Å². The third-order valence-corrected chi connectivity index (χ3v) is 3.55. The maximum atomic E-state index is 11.7. The Morgan fingerprint density at radius 1 is 1.27 bits per heavy atom. The third kappa shape index (κ3) is 8.19. The van der Waals surface area contributed by atoms with E-state index in [9.17, 15) is 4.79 Å². The molecule has 1 saturated heterocycles. The number of nitrogens with zero attached hydrogens (tertiary/aromatic N) is 2. The Morgan fingerprint density at radius 3 is 2.36 bits per heavy atom. The number of carbonyl (C=O) groups excluding carboxylic acids is 1. The van der Waals surface area contributed by atoms with Crippen molar-refractivity contribution >= 4 is 35.8 Å². The molecule has 1 heterocycles. The largest absolute Gasteiger partial charge is 0.357 e. The minimum Gasteiger partial charge on any atom is -0.357 e. The van der Waals surface area contributed by atoms with Crippen LogP contribution in [-0.2, 0) is 4.79 Å². The van der Waals surface area contributed by atoms with Gasteiger partial charge in [0, 0.05) is 32.1 Å². The summed E-state index contributed by atoms with van der Waals surface area (Å²) in [5.74, 6) is 2.42. The molecular formula is C16H33IN4O. The minimum atomic E-state index is 0. The van der Waals surface area contributed by atoms with Crippen molar-refractivity contribution in [1.82, 2.24) is 15.5 Å². The van der Waals surface area contributed by atoms with E-state index < -0.39 is 0 Å². The van der Waals surface area contributed by atoms with E-state index in [-0.39, 0.29) is 35.9 Å². The van der Waals surface area contributed by atoms with Crippen LogP contribution >= 0.6 is 24.0 Å². The highest BCUT2D eigenvalue weighted by molar-refractivity contribution is 14.0. The first-order valence-corrected chi connectivity index (χ1v) is 8.25. The number of guanidine groups is 1. The highest BCUT2D eigenvalue weighted by Gasteiger charge is 2.23. The third-order valence-electron chi connectivity index (χ3n) is 3.55. The summed E-state index contributed by atoms with van der Waals surface area (Å²) >= 11 is 0. The van der Waals surface area contributed by atoms with Crippen molar-refractivity contribution in [2.45, 2.75) is 53.5 Å². The van der Waals surface area contributed by atoms with Crippen molar-refractivity contribution in [3.63, 3.8) is 0 Å². The van der Waals surface area contributed by atoms with Crippen molar-refractivity contribution in [3.05, 3.63) is 0 Å². The van der Waals surface area contributed by atoms with Gasteiger partial charge in [-0.05, 0) is 39.0 Å². The van der Waals surface area contributed by atoms with Crippen molar-refractivity contribution in [2.24, 2.45) is 16.8 Å². The summed E-state index contributed by atoms with van der Waals surface area (Å²) in [7, 11) is 0. The molecule has 6 heteroatoms. The molecule has 22 heavy (non-hydrogen) atoms. The summed E-state index contributed by atoms with van der Waals surface area (Å²) in [5.41, 5.74) is 0. The monoisotopic (exact) mass is 424 g/mol. The number of hydrogen-bond donors (Lipinski definition) is 2. The Hall–Kier alpha value is -0.530. The molecule has 0 spiro atoms. The lowest BCUT2D eigenvalue weighted by atomic mass is 9.92. The normalized spacial score (nSPS) is 22.3. The number of carbonyl (C=O) groups is 1. The van der Waals surface area contributed by atoms with Crippen LogP contribution in [0.4, 0.5) is 0 Å². The Balaban J connectivity index is 0.00000441. The molecule has 0 aromatic heterocycles. The number of likely N-dealkylation sites (tertiary alicyclic amines) is 1. The van der Waals surface area contributed by atoms with Crippen molar-refractivity contribution < 1.29 is 4.79 Å². The first kappa shape index (κ1) is 21.5. The number of hydrogen-bond acceptors (Lipinski definition) is 2. The van der Waals surface area contributed by atoms with E-state index in [0.717, 1.165) is 25.6 Å². The first-order chi connectivity index (χ1) is 9.92. The summed E-state index contributed by atoms with van der Waals surface area (Å²) < 4.78 is 0. The van der Waals surface area contributed by atoms with Crippen LogP contribution in [0.5, 0.6) is 0 Å². The van der Waals surface area contributed by atoms with Gasteiger partial charge in [0.05, 0.1) is 6.54 Å². The van der Waals surface area contributed by atoms with E-state index in [1.807, 2.05) is 13.8 Å². The topological polar surface area (TPSA) is 56.7 Å². The molecule has 5 nitrogen and oxygen atoms in total. The predicted octanol–water partition coefficient (Wildman–Crippen LogP) is 2.46. The molecule has 0 bridgehead atoms. The van der Waals surface area contributed by atoms with Gasteiger partial charge in [0.25, 0.3) is 0 Å². The zero-order valence-corrected chi connectivity index (χ0v) is 17.0.